The van der Waals surface area contributed by atoms with Gasteiger partial charge >= 0.3 is 0 Å². The molecule has 0 aliphatic heterocycles. The number of benzene rings is 2. The van der Waals surface area contributed by atoms with Crippen molar-refractivity contribution in [1.82, 2.24) is 10.3 Å². The van der Waals surface area contributed by atoms with E-state index in [9.17, 15) is 9.59 Å². The summed E-state index contributed by atoms with van der Waals surface area (Å²) in [7, 11) is 0. The predicted molar refractivity (Wildman–Crippen MR) is 105 cm³/mol. The van der Waals surface area contributed by atoms with Crippen LogP contribution in [0.1, 0.15) is 34.2 Å². The van der Waals surface area contributed by atoms with Crippen molar-refractivity contribution in [2.75, 3.05) is 0 Å². The molecule has 0 fully saturated rings. The van der Waals surface area contributed by atoms with E-state index in [1.165, 1.54) is 5.56 Å². The van der Waals surface area contributed by atoms with Crippen molar-refractivity contribution in [2.24, 2.45) is 0 Å². The third kappa shape index (κ3) is 4.02. The van der Waals surface area contributed by atoms with Gasteiger partial charge < -0.3 is 10.3 Å². The molecule has 0 unspecified atom stereocenters. The Morgan fingerprint density at radius 2 is 1.77 bits per heavy atom. The van der Waals surface area contributed by atoms with Gasteiger partial charge in [0.05, 0.1) is 5.52 Å². The highest BCUT2D eigenvalue weighted by Crippen LogP contribution is 2.19. The highest BCUT2D eigenvalue weighted by molar-refractivity contribution is 5.83. The predicted octanol–water partition coefficient (Wildman–Crippen LogP) is 3.70. The zero-order chi connectivity index (χ0) is 18.7. The van der Waals surface area contributed by atoms with Crippen LogP contribution >= 0.6 is 0 Å². The molecule has 4 heteroatoms. The number of carbonyl (C=O) groups excluding carboxylic acids is 1. The first-order chi connectivity index (χ1) is 12.4. The van der Waals surface area contributed by atoms with Crippen LogP contribution in [0.3, 0.4) is 0 Å². The third-order valence-electron chi connectivity index (χ3n) is 4.86. The molecule has 0 saturated heterocycles. The number of amides is 1. The normalized spacial score (nSPS) is 10.9. The molecule has 3 rings (SSSR count). The van der Waals surface area contributed by atoms with E-state index in [1.807, 2.05) is 63.2 Å². The van der Waals surface area contributed by atoms with Gasteiger partial charge in [0.25, 0.3) is 5.56 Å². The van der Waals surface area contributed by atoms with Crippen molar-refractivity contribution >= 4 is 16.8 Å². The number of aryl methyl sites for hydroxylation is 4. The van der Waals surface area contributed by atoms with Crippen LogP contribution in [-0.2, 0) is 17.8 Å². The van der Waals surface area contributed by atoms with Gasteiger partial charge in [-0.3, -0.25) is 9.59 Å². The molecule has 2 N–H and O–H groups in total. The lowest BCUT2D eigenvalue weighted by Crippen LogP contribution is -2.24. The molecule has 26 heavy (non-hydrogen) atoms. The van der Waals surface area contributed by atoms with E-state index < -0.39 is 0 Å². The highest BCUT2D eigenvalue weighted by atomic mass is 16.1. The molecule has 0 aliphatic carbocycles. The molecule has 0 saturated carbocycles. The van der Waals surface area contributed by atoms with Crippen molar-refractivity contribution in [2.45, 2.75) is 40.2 Å². The maximum Gasteiger partial charge on any atom is 0.251 e. The van der Waals surface area contributed by atoms with E-state index in [1.54, 1.807) is 0 Å². The maximum atomic E-state index is 12.3. The number of nitrogens with one attached hydrogen (secondary N) is 2. The zero-order valence-corrected chi connectivity index (χ0v) is 15.5. The number of H-pyrrole nitrogens is 1. The first-order valence-electron chi connectivity index (χ1n) is 8.88. The Morgan fingerprint density at radius 1 is 1.04 bits per heavy atom. The van der Waals surface area contributed by atoms with Crippen LogP contribution in [0.15, 0.2) is 47.3 Å². The number of rotatable bonds is 5. The molecule has 1 heterocycles. The molecule has 0 atom stereocenters. The Kier molecular flexibility index (Phi) is 5.21. The minimum absolute atomic E-state index is 0.0508. The van der Waals surface area contributed by atoms with Gasteiger partial charge in [-0.05, 0) is 55.3 Å². The third-order valence-corrected chi connectivity index (χ3v) is 4.86. The van der Waals surface area contributed by atoms with Gasteiger partial charge in [-0.25, -0.2) is 0 Å². The number of aromatic nitrogens is 1. The lowest BCUT2D eigenvalue weighted by Gasteiger charge is -2.08. The van der Waals surface area contributed by atoms with Gasteiger partial charge in [-0.2, -0.15) is 0 Å². The summed E-state index contributed by atoms with van der Waals surface area (Å²) in [6.07, 6.45) is 0.725. The largest absolute Gasteiger partial charge is 0.352 e. The number of hydrogen-bond acceptors (Lipinski definition) is 2. The van der Waals surface area contributed by atoms with Crippen molar-refractivity contribution in [3.63, 3.8) is 0 Å². The van der Waals surface area contributed by atoms with Gasteiger partial charge in [0.1, 0.15) is 0 Å². The molecule has 2 aromatic carbocycles. The monoisotopic (exact) mass is 348 g/mol. The van der Waals surface area contributed by atoms with Gasteiger partial charge in [-0.15, -0.1) is 0 Å². The van der Waals surface area contributed by atoms with Crippen molar-refractivity contribution in [3.05, 3.63) is 80.6 Å². The molecule has 1 aromatic heterocycles. The van der Waals surface area contributed by atoms with Gasteiger partial charge in [0, 0.05) is 18.5 Å². The summed E-state index contributed by atoms with van der Waals surface area (Å²) in [5, 5.41) is 3.91. The van der Waals surface area contributed by atoms with Crippen molar-refractivity contribution in [3.8, 4) is 0 Å². The summed E-state index contributed by atoms with van der Waals surface area (Å²) in [5.74, 6) is -0.0508. The molecular formula is C22H24N2O2. The van der Waals surface area contributed by atoms with Crippen LogP contribution in [0.5, 0.6) is 0 Å². The minimum Gasteiger partial charge on any atom is -0.352 e. The van der Waals surface area contributed by atoms with Crippen LogP contribution in [0.25, 0.3) is 10.9 Å². The Balaban J connectivity index is 1.64. The molecule has 0 aliphatic rings. The fourth-order valence-electron chi connectivity index (χ4n) is 3.00. The number of carbonyl (C=O) groups is 1. The fraction of sp³-hybridized carbons (Fsp3) is 0.273. The molecule has 1 amide bonds. The van der Waals surface area contributed by atoms with Gasteiger partial charge in [0.2, 0.25) is 5.91 Å². The summed E-state index contributed by atoms with van der Waals surface area (Å²) >= 11 is 0. The number of fused-ring (bicyclic) bond motifs is 1. The highest BCUT2D eigenvalue weighted by Gasteiger charge is 2.09. The molecule has 0 bridgehead atoms. The maximum absolute atomic E-state index is 12.3. The van der Waals surface area contributed by atoms with E-state index in [-0.39, 0.29) is 11.5 Å². The zero-order valence-electron chi connectivity index (χ0n) is 15.5. The Hall–Kier alpha value is -2.88. The Labute approximate surface area is 153 Å². The Morgan fingerprint density at radius 3 is 2.50 bits per heavy atom. The standard InChI is InChI=1S/C22H24N2O2/c1-14-4-7-17(8-5-14)13-23-20(25)11-10-19-12-18-9-6-15(2)16(3)21(18)24-22(19)26/h4-9,12H,10-11,13H2,1-3H3,(H,23,25)(H,24,26). The summed E-state index contributed by atoms with van der Waals surface area (Å²) in [5.41, 5.74) is 5.91. The molecule has 0 radical (unpaired) electrons. The van der Waals surface area contributed by atoms with Crippen molar-refractivity contribution in [1.29, 1.82) is 0 Å². The van der Waals surface area contributed by atoms with Crippen LogP contribution < -0.4 is 10.9 Å². The summed E-state index contributed by atoms with van der Waals surface area (Å²) in [6, 6.07) is 14.0. The lowest BCUT2D eigenvalue weighted by atomic mass is 10.0. The smallest absolute Gasteiger partial charge is 0.251 e. The second-order valence-electron chi connectivity index (χ2n) is 6.86. The average Bonchev–Trinajstić information content (AvgIpc) is 2.63. The first-order valence-corrected chi connectivity index (χ1v) is 8.88. The van der Waals surface area contributed by atoms with Crippen LogP contribution in [0.2, 0.25) is 0 Å². The SMILES string of the molecule is Cc1ccc(CNC(=O)CCc2cc3ccc(C)c(C)c3[nH]c2=O)cc1. The van der Waals surface area contributed by atoms with E-state index in [2.05, 4.69) is 10.3 Å². The topological polar surface area (TPSA) is 62.0 Å². The fourth-order valence-corrected chi connectivity index (χ4v) is 3.00. The van der Waals surface area contributed by atoms with E-state index in [0.717, 1.165) is 27.6 Å². The van der Waals surface area contributed by atoms with E-state index in [0.29, 0.717) is 24.9 Å². The van der Waals surface area contributed by atoms with Gasteiger partial charge in [-0.1, -0.05) is 42.0 Å². The van der Waals surface area contributed by atoms with Crippen molar-refractivity contribution < 1.29 is 4.79 Å². The number of pyridine rings is 1. The van der Waals surface area contributed by atoms with E-state index >= 15 is 0 Å². The minimum atomic E-state index is -0.113. The van der Waals surface area contributed by atoms with Crippen LogP contribution in [0, 0.1) is 20.8 Å². The average molecular weight is 348 g/mol. The summed E-state index contributed by atoms with van der Waals surface area (Å²) in [6.45, 7) is 6.57. The second kappa shape index (κ2) is 7.56. The lowest BCUT2D eigenvalue weighted by molar-refractivity contribution is -0.121. The Bertz CT molecular complexity index is 1000. The van der Waals surface area contributed by atoms with Crippen LogP contribution in [-0.4, -0.2) is 10.9 Å². The number of hydrogen-bond donors (Lipinski definition) is 2. The first kappa shape index (κ1) is 17.9. The van der Waals surface area contributed by atoms with Crippen LogP contribution in [0.4, 0.5) is 0 Å². The molecular weight excluding hydrogens is 324 g/mol. The molecule has 134 valence electrons. The van der Waals surface area contributed by atoms with Gasteiger partial charge in [0.15, 0.2) is 0 Å². The second-order valence-corrected chi connectivity index (χ2v) is 6.86. The summed E-state index contributed by atoms with van der Waals surface area (Å²) < 4.78 is 0. The molecule has 0 spiro atoms. The quantitative estimate of drug-likeness (QED) is 0.738. The summed E-state index contributed by atoms with van der Waals surface area (Å²) in [4.78, 5) is 27.4. The number of aromatic amines is 1. The molecule has 4 nitrogen and oxygen atoms in total. The molecule has 3 aromatic rings. The van der Waals surface area contributed by atoms with E-state index in [4.69, 9.17) is 0 Å².